The standard InChI is InChI=1S/C12H16N4O/c1-9-10(6-7-17-9)8-16(2)12-5-3-4-11(14-12)15-13/h3-7H,8,13H2,1-2H3,(H,14,15). The highest BCUT2D eigenvalue weighted by molar-refractivity contribution is 5.46. The van der Waals surface area contributed by atoms with Crippen molar-refractivity contribution in [3.05, 3.63) is 41.9 Å². The summed E-state index contributed by atoms with van der Waals surface area (Å²) >= 11 is 0. The van der Waals surface area contributed by atoms with E-state index < -0.39 is 0 Å². The third kappa shape index (κ3) is 2.57. The molecule has 5 heteroatoms. The summed E-state index contributed by atoms with van der Waals surface area (Å²) in [6.07, 6.45) is 1.70. The normalized spacial score (nSPS) is 10.3. The van der Waals surface area contributed by atoms with Gasteiger partial charge in [-0.2, -0.15) is 0 Å². The Bertz CT molecular complexity index is 495. The summed E-state index contributed by atoms with van der Waals surface area (Å²) < 4.78 is 5.27. The van der Waals surface area contributed by atoms with Gasteiger partial charge in [0.15, 0.2) is 0 Å². The third-order valence-corrected chi connectivity index (χ3v) is 2.65. The van der Waals surface area contributed by atoms with Crippen LogP contribution in [0, 0.1) is 6.92 Å². The number of hydrazine groups is 1. The fraction of sp³-hybridized carbons (Fsp3) is 0.250. The smallest absolute Gasteiger partial charge is 0.142 e. The average molecular weight is 232 g/mol. The second-order valence-corrected chi connectivity index (χ2v) is 3.88. The van der Waals surface area contributed by atoms with Gasteiger partial charge >= 0.3 is 0 Å². The van der Waals surface area contributed by atoms with Gasteiger partial charge in [0.1, 0.15) is 17.4 Å². The van der Waals surface area contributed by atoms with Gasteiger partial charge in [0.2, 0.25) is 0 Å². The Labute approximate surface area is 100 Å². The van der Waals surface area contributed by atoms with Crippen molar-refractivity contribution >= 4 is 11.6 Å². The minimum atomic E-state index is 0.651. The Morgan fingerprint density at radius 2 is 2.24 bits per heavy atom. The zero-order chi connectivity index (χ0) is 12.3. The van der Waals surface area contributed by atoms with Crippen LogP contribution in [-0.2, 0) is 6.54 Å². The SMILES string of the molecule is Cc1occc1CN(C)c1cccc(NN)n1. The van der Waals surface area contributed by atoms with Gasteiger partial charge in [0.25, 0.3) is 0 Å². The van der Waals surface area contributed by atoms with Gasteiger partial charge in [-0.1, -0.05) is 6.07 Å². The number of nitrogens with one attached hydrogen (secondary N) is 1. The van der Waals surface area contributed by atoms with E-state index in [4.69, 9.17) is 10.3 Å². The second kappa shape index (κ2) is 4.88. The Kier molecular flexibility index (Phi) is 3.30. The molecule has 0 radical (unpaired) electrons. The van der Waals surface area contributed by atoms with Crippen molar-refractivity contribution in [2.45, 2.75) is 13.5 Å². The molecule has 0 aromatic carbocycles. The van der Waals surface area contributed by atoms with E-state index in [9.17, 15) is 0 Å². The maximum absolute atomic E-state index is 5.33. The first kappa shape index (κ1) is 11.5. The van der Waals surface area contributed by atoms with Crippen LogP contribution in [0.3, 0.4) is 0 Å². The molecule has 5 nitrogen and oxygen atoms in total. The van der Waals surface area contributed by atoms with Crippen LogP contribution in [0.15, 0.2) is 34.9 Å². The van der Waals surface area contributed by atoms with Gasteiger partial charge in [0, 0.05) is 19.2 Å². The van der Waals surface area contributed by atoms with Crippen LogP contribution < -0.4 is 16.2 Å². The summed E-state index contributed by atoms with van der Waals surface area (Å²) in [4.78, 5) is 6.40. The quantitative estimate of drug-likeness (QED) is 0.622. The highest BCUT2D eigenvalue weighted by atomic mass is 16.3. The van der Waals surface area contributed by atoms with Crippen LogP contribution in [0.4, 0.5) is 11.6 Å². The van der Waals surface area contributed by atoms with Gasteiger partial charge in [0.05, 0.1) is 6.26 Å². The van der Waals surface area contributed by atoms with Crippen molar-refractivity contribution in [2.75, 3.05) is 17.4 Å². The highest BCUT2D eigenvalue weighted by Gasteiger charge is 2.07. The summed E-state index contributed by atoms with van der Waals surface area (Å²) in [5, 5.41) is 0. The molecule has 0 spiro atoms. The zero-order valence-electron chi connectivity index (χ0n) is 9.97. The number of pyridine rings is 1. The van der Waals surface area contributed by atoms with Crippen molar-refractivity contribution in [3.63, 3.8) is 0 Å². The Morgan fingerprint density at radius 3 is 2.88 bits per heavy atom. The molecule has 0 aliphatic carbocycles. The lowest BCUT2D eigenvalue weighted by Gasteiger charge is -2.18. The molecule has 0 fully saturated rings. The molecule has 0 unspecified atom stereocenters. The van der Waals surface area contributed by atoms with E-state index in [1.165, 1.54) is 0 Å². The molecule has 0 aliphatic heterocycles. The van der Waals surface area contributed by atoms with E-state index in [0.717, 1.165) is 23.7 Å². The number of nitrogens with two attached hydrogens (primary N) is 1. The number of aromatic nitrogens is 1. The molecule has 2 heterocycles. The van der Waals surface area contributed by atoms with E-state index in [2.05, 4.69) is 10.4 Å². The number of hydrogen-bond donors (Lipinski definition) is 2. The third-order valence-electron chi connectivity index (χ3n) is 2.65. The number of aryl methyl sites for hydroxylation is 1. The van der Waals surface area contributed by atoms with Gasteiger partial charge in [-0.15, -0.1) is 0 Å². The fourth-order valence-electron chi connectivity index (χ4n) is 1.63. The molecule has 3 N–H and O–H groups in total. The molecule has 2 aromatic rings. The van der Waals surface area contributed by atoms with Crippen LogP contribution in [0.5, 0.6) is 0 Å². The predicted molar refractivity (Wildman–Crippen MR) is 67.6 cm³/mol. The van der Waals surface area contributed by atoms with Gasteiger partial charge in [-0.3, -0.25) is 0 Å². The summed E-state index contributed by atoms with van der Waals surface area (Å²) in [6, 6.07) is 7.64. The van der Waals surface area contributed by atoms with Crippen molar-refractivity contribution < 1.29 is 4.42 Å². The highest BCUT2D eigenvalue weighted by Crippen LogP contribution is 2.17. The molecule has 0 saturated heterocycles. The number of rotatable bonds is 4. The van der Waals surface area contributed by atoms with Crippen LogP contribution in [-0.4, -0.2) is 12.0 Å². The van der Waals surface area contributed by atoms with Crippen molar-refractivity contribution in [2.24, 2.45) is 5.84 Å². The molecule has 0 aliphatic rings. The number of nitrogen functional groups attached to an aromatic ring is 1. The maximum atomic E-state index is 5.33. The lowest BCUT2D eigenvalue weighted by atomic mass is 10.2. The van der Waals surface area contributed by atoms with Gasteiger partial charge < -0.3 is 14.7 Å². The molecule has 0 atom stereocenters. The van der Waals surface area contributed by atoms with Crippen LogP contribution in [0.2, 0.25) is 0 Å². The fourth-order valence-corrected chi connectivity index (χ4v) is 1.63. The minimum absolute atomic E-state index is 0.651. The molecule has 2 rings (SSSR count). The summed E-state index contributed by atoms with van der Waals surface area (Å²) in [5.74, 6) is 7.78. The molecular weight excluding hydrogens is 216 g/mol. The summed E-state index contributed by atoms with van der Waals surface area (Å²) in [5.41, 5.74) is 3.69. The molecule has 0 saturated carbocycles. The molecule has 0 bridgehead atoms. The second-order valence-electron chi connectivity index (χ2n) is 3.88. The molecular formula is C12H16N4O. The number of hydrogen-bond acceptors (Lipinski definition) is 5. The summed E-state index contributed by atoms with van der Waals surface area (Å²) in [7, 11) is 1.98. The topological polar surface area (TPSA) is 67.3 Å². The predicted octanol–water partition coefficient (Wildman–Crippen LogP) is 1.91. The van der Waals surface area contributed by atoms with E-state index in [-0.39, 0.29) is 0 Å². The largest absolute Gasteiger partial charge is 0.469 e. The van der Waals surface area contributed by atoms with E-state index in [1.54, 1.807) is 6.26 Å². The first-order chi connectivity index (χ1) is 8.20. The number of nitrogens with zero attached hydrogens (tertiary/aromatic N) is 2. The van der Waals surface area contributed by atoms with E-state index in [0.29, 0.717) is 5.82 Å². The maximum Gasteiger partial charge on any atom is 0.142 e. The Balaban J connectivity index is 2.14. The molecule has 2 aromatic heterocycles. The van der Waals surface area contributed by atoms with Gasteiger partial charge in [-0.25, -0.2) is 10.8 Å². The van der Waals surface area contributed by atoms with Crippen molar-refractivity contribution in [1.82, 2.24) is 4.98 Å². The van der Waals surface area contributed by atoms with Crippen LogP contribution >= 0.6 is 0 Å². The zero-order valence-corrected chi connectivity index (χ0v) is 9.97. The summed E-state index contributed by atoms with van der Waals surface area (Å²) in [6.45, 7) is 2.71. The monoisotopic (exact) mass is 232 g/mol. The first-order valence-corrected chi connectivity index (χ1v) is 5.38. The van der Waals surface area contributed by atoms with Crippen molar-refractivity contribution in [1.29, 1.82) is 0 Å². The average Bonchev–Trinajstić information content (AvgIpc) is 2.75. The van der Waals surface area contributed by atoms with Crippen LogP contribution in [0.1, 0.15) is 11.3 Å². The Hall–Kier alpha value is -2.01. The van der Waals surface area contributed by atoms with Gasteiger partial charge in [-0.05, 0) is 25.1 Å². The number of anilines is 2. The molecule has 17 heavy (non-hydrogen) atoms. The Morgan fingerprint density at radius 1 is 1.41 bits per heavy atom. The van der Waals surface area contributed by atoms with E-state index >= 15 is 0 Å². The first-order valence-electron chi connectivity index (χ1n) is 5.38. The lowest BCUT2D eigenvalue weighted by Crippen LogP contribution is -2.19. The molecule has 0 amide bonds. The number of furan rings is 1. The van der Waals surface area contributed by atoms with Crippen molar-refractivity contribution in [3.8, 4) is 0 Å². The minimum Gasteiger partial charge on any atom is -0.469 e. The van der Waals surface area contributed by atoms with E-state index in [1.807, 2.05) is 43.1 Å². The lowest BCUT2D eigenvalue weighted by molar-refractivity contribution is 0.529. The molecule has 90 valence electrons. The van der Waals surface area contributed by atoms with Crippen LogP contribution in [0.25, 0.3) is 0 Å².